The van der Waals surface area contributed by atoms with E-state index in [1.54, 1.807) is 0 Å². The molecule has 154 valence electrons. The molecule has 1 aromatic carbocycles. The molecule has 3 N–H and O–H groups in total. The largest absolute Gasteiger partial charge is 0.377 e. The van der Waals surface area contributed by atoms with Crippen molar-refractivity contribution in [1.29, 1.82) is 0 Å². The number of carbonyl (C=O) groups excluding carboxylic acids is 1. The summed E-state index contributed by atoms with van der Waals surface area (Å²) in [7, 11) is 0. The standard InChI is InChI=1S/C20H25IN6O2/c1-12-11-29-8-7-27(12)19-16-9-22-10-17(16)25-18(26-19)14-3-5-15(6-4-14)24-20(28)23-13(2)21/h3-6,12-13,22H,7-11H2,1-2H3,(H2,23,24,28). The molecule has 2 aliphatic heterocycles. The summed E-state index contributed by atoms with van der Waals surface area (Å²) in [5.41, 5.74) is 3.90. The van der Waals surface area contributed by atoms with Gasteiger partial charge in [-0.15, -0.1) is 0 Å². The molecule has 1 fully saturated rings. The minimum absolute atomic E-state index is 0.0568. The molecule has 4 rings (SSSR count). The van der Waals surface area contributed by atoms with E-state index in [1.165, 1.54) is 5.56 Å². The van der Waals surface area contributed by atoms with Gasteiger partial charge in [-0.05, 0) is 38.1 Å². The Hall–Kier alpha value is -1.98. The number of halogens is 1. The molecule has 2 amide bonds. The number of hydrogen-bond acceptors (Lipinski definition) is 6. The summed E-state index contributed by atoms with van der Waals surface area (Å²) in [5, 5.41) is 9.03. The van der Waals surface area contributed by atoms with Crippen molar-refractivity contribution in [2.24, 2.45) is 0 Å². The molecule has 2 atom stereocenters. The minimum atomic E-state index is -0.219. The minimum Gasteiger partial charge on any atom is -0.377 e. The number of morpholine rings is 1. The quantitative estimate of drug-likeness (QED) is 0.335. The SMILES string of the molecule is CC(I)NC(=O)Nc1ccc(-c2nc3c(c(N4CCOCC4C)n2)CNC3)cc1. The van der Waals surface area contributed by atoms with Gasteiger partial charge in [-0.2, -0.15) is 0 Å². The Kier molecular flexibility index (Phi) is 6.16. The van der Waals surface area contributed by atoms with Gasteiger partial charge in [0.25, 0.3) is 0 Å². The Bertz CT molecular complexity index is 889. The molecule has 0 bridgehead atoms. The lowest BCUT2D eigenvalue weighted by molar-refractivity contribution is 0.0984. The maximum Gasteiger partial charge on any atom is 0.320 e. The molecule has 0 radical (unpaired) electrons. The first-order valence-corrected chi connectivity index (χ1v) is 11.0. The molecule has 2 unspecified atom stereocenters. The smallest absolute Gasteiger partial charge is 0.320 e. The Morgan fingerprint density at radius 1 is 1.31 bits per heavy atom. The molecule has 2 aliphatic rings. The van der Waals surface area contributed by atoms with Gasteiger partial charge in [-0.1, -0.05) is 22.6 Å². The fourth-order valence-corrected chi connectivity index (χ4v) is 3.89. The summed E-state index contributed by atoms with van der Waals surface area (Å²) < 4.78 is 5.65. The lowest BCUT2D eigenvalue weighted by Crippen LogP contribution is -2.44. The number of aromatic nitrogens is 2. The third-order valence-electron chi connectivity index (χ3n) is 5.04. The molecule has 2 aromatic rings. The van der Waals surface area contributed by atoms with E-state index < -0.39 is 0 Å². The number of rotatable bonds is 4. The van der Waals surface area contributed by atoms with Gasteiger partial charge in [0, 0.05) is 36.4 Å². The van der Waals surface area contributed by atoms with Gasteiger partial charge in [0.15, 0.2) is 5.82 Å². The summed E-state index contributed by atoms with van der Waals surface area (Å²) in [6.07, 6.45) is 0. The number of nitrogens with zero attached hydrogens (tertiary/aromatic N) is 3. The number of fused-ring (bicyclic) bond motifs is 1. The maximum atomic E-state index is 11.9. The van der Waals surface area contributed by atoms with Gasteiger partial charge in [0.05, 0.1) is 29.0 Å². The number of hydrogen-bond donors (Lipinski definition) is 3. The summed E-state index contributed by atoms with van der Waals surface area (Å²) in [5.74, 6) is 1.71. The zero-order chi connectivity index (χ0) is 20.4. The lowest BCUT2D eigenvalue weighted by Gasteiger charge is -2.35. The van der Waals surface area contributed by atoms with Crippen molar-refractivity contribution in [2.75, 3.05) is 30.0 Å². The predicted octanol–water partition coefficient (Wildman–Crippen LogP) is 2.87. The van der Waals surface area contributed by atoms with E-state index in [1.807, 2.05) is 31.2 Å². The molecular weight excluding hydrogens is 483 g/mol. The van der Waals surface area contributed by atoms with Crippen LogP contribution in [-0.4, -0.2) is 45.8 Å². The second kappa shape index (κ2) is 8.80. The Morgan fingerprint density at radius 2 is 2.10 bits per heavy atom. The highest BCUT2D eigenvalue weighted by atomic mass is 127. The van der Waals surface area contributed by atoms with Gasteiger partial charge < -0.3 is 25.6 Å². The number of anilines is 2. The third kappa shape index (κ3) is 4.62. The zero-order valence-corrected chi connectivity index (χ0v) is 18.7. The fourth-order valence-electron chi connectivity index (χ4n) is 3.61. The number of amides is 2. The topological polar surface area (TPSA) is 91.4 Å². The molecular formula is C20H25IN6O2. The van der Waals surface area contributed by atoms with Gasteiger partial charge >= 0.3 is 6.03 Å². The van der Waals surface area contributed by atoms with Crippen molar-refractivity contribution < 1.29 is 9.53 Å². The molecule has 3 heterocycles. The molecule has 1 saturated heterocycles. The summed E-state index contributed by atoms with van der Waals surface area (Å²) in [6, 6.07) is 7.70. The summed E-state index contributed by atoms with van der Waals surface area (Å²) in [4.78, 5) is 23.9. The van der Waals surface area contributed by atoms with Crippen LogP contribution in [0.5, 0.6) is 0 Å². The highest BCUT2D eigenvalue weighted by Gasteiger charge is 2.27. The molecule has 29 heavy (non-hydrogen) atoms. The van der Waals surface area contributed by atoms with Crippen LogP contribution < -0.4 is 20.9 Å². The van der Waals surface area contributed by atoms with Crippen LogP contribution in [0.2, 0.25) is 0 Å². The summed E-state index contributed by atoms with van der Waals surface area (Å²) >= 11 is 2.14. The van der Waals surface area contributed by atoms with Crippen LogP contribution in [0.25, 0.3) is 11.4 Å². The molecule has 9 heteroatoms. The average molecular weight is 508 g/mol. The van der Waals surface area contributed by atoms with Crippen molar-refractivity contribution >= 4 is 40.1 Å². The number of nitrogens with one attached hydrogen (secondary N) is 3. The molecule has 0 saturated carbocycles. The van der Waals surface area contributed by atoms with E-state index >= 15 is 0 Å². The second-order valence-electron chi connectivity index (χ2n) is 7.31. The number of ether oxygens (including phenoxy) is 1. The normalized spacial score (nSPS) is 19.6. The average Bonchev–Trinajstić information content (AvgIpc) is 3.16. The van der Waals surface area contributed by atoms with Crippen molar-refractivity contribution in [3.63, 3.8) is 0 Å². The Morgan fingerprint density at radius 3 is 2.83 bits per heavy atom. The monoisotopic (exact) mass is 508 g/mol. The van der Waals surface area contributed by atoms with E-state index in [0.29, 0.717) is 19.0 Å². The highest BCUT2D eigenvalue weighted by Crippen LogP contribution is 2.30. The van der Waals surface area contributed by atoms with Gasteiger partial charge in [0.2, 0.25) is 0 Å². The van der Waals surface area contributed by atoms with Crippen molar-refractivity contribution in [2.45, 2.75) is 37.0 Å². The van der Waals surface area contributed by atoms with Gasteiger partial charge in [0.1, 0.15) is 5.82 Å². The molecule has 0 aliphatic carbocycles. The first-order chi connectivity index (χ1) is 14.0. The van der Waals surface area contributed by atoms with Gasteiger partial charge in [-0.25, -0.2) is 14.8 Å². The lowest BCUT2D eigenvalue weighted by atomic mass is 10.1. The number of alkyl halides is 1. The van der Waals surface area contributed by atoms with Crippen molar-refractivity contribution in [3.05, 3.63) is 35.5 Å². The van der Waals surface area contributed by atoms with Crippen LogP contribution in [0.1, 0.15) is 25.1 Å². The van der Waals surface area contributed by atoms with Crippen LogP contribution in [-0.2, 0) is 17.8 Å². The summed E-state index contributed by atoms with van der Waals surface area (Å²) in [6.45, 7) is 7.88. The zero-order valence-electron chi connectivity index (χ0n) is 16.5. The van der Waals surface area contributed by atoms with E-state index in [-0.39, 0.29) is 16.1 Å². The van der Waals surface area contributed by atoms with E-state index in [9.17, 15) is 4.79 Å². The number of carbonyl (C=O) groups is 1. The van der Waals surface area contributed by atoms with E-state index in [0.717, 1.165) is 42.4 Å². The van der Waals surface area contributed by atoms with Crippen LogP contribution in [0, 0.1) is 0 Å². The van der Waals surface area contributed by atoms with E-state index in [4.69, 9.17) is 14.7 Å². The molecule has 0 spiro atoms. The number of urea groups is 1. The maximum absolute atomic E-state index is 11.9. The first-order valence-electron chi connectivity index (χ1n) is 9.78. The van der Waals surface area contributed by atoms with Crippen molar-refractivity contribution in [1.82, 2.24) is 20.6 Å². The Balaban J connectivity index is 1.60. The second-order valence-corrected chi connectivity index (χ2v) is 9.18. The predicted molar refractivity (Wildman–Crippen MR) is 121 cm³/mol. The molecule has 1 aromatic heterocycles. The van der Waals surface area contributed by atoms with Crippen LogP contribution >= 0.6 is 22.6 Å². The van der Waals surface area contributed by atoms with Crippen LogP contribution in [0.4, 0.5) is 16.3 Å². The Labute approximate surface area is 184 Å². The highest BCUT2D eigenvalue weighted by molar-refractivity contribution is 14.1. The third-order valence-corrected chi connectivity index (χ3v) is 5.35. The van der Waals surface area contributed by atoms with E-state index in [2.05, 4.69) is 50.4 Å². The first kappa shape index (κ1) is 20.3. The number of benzene rings is 1. The van der Waals surface area contributed by atoms with Crippen LogP contribution in [0.3, 0.4) is 0 Å². The van der Waals surface area contributed by atoms with Gasteiger partial charge in [-0.3, -0.25) is 0 Å². The fraction of sp³-hybridized carbons (Fsp3) is 0.450. The molecule has 8 nitrogen and oxygen atoms in total. The van der Waals surface area contributed by atoms with Crippen LogP contribution in [0.15, 0.2) is 24.3 Å². The van der Waals surface area contributed by atoms with Crippen molar-refractivity contribution in [3.8, 4) is 11.4 Å².